The first-order chi connectivity index (χ1) is 9.49. The Morgan fingerprint density at radius 2 is 2.15 bits per heavy atom. The van der Waals surface area contributed by atoms with Gasteiger partial charge in [-0.05, 0) is 43.4 Å². The van der Waals surface area contributed by atoms with Gasteiger partial charge in [-0.15, -0.1) is 0 Å². The summed E-state index contributed by atoms with van der Waals surface area (Å²) in [5, 5.41) is 11.9. The van der Waals surface area contributed by atoms with Gasteiger partial charge in [0.1, 0.15) is 0 Å². The second-order valence-corrected chi connectivity index (χ2v) is 5.41. The fraction of sp³-hybridized carbons (Fsp3) is 0.467. The van der Waals surface area contributed by atoms with E-state index in [1.54, 1.807) is 24.0 Å². The lowest BCUT2D eigenvalue weighted by Gasteiger charge is -2.31. The summed E-state index contributed by atoms with van der Waals surface area (Å²) in [7, 11) is 0. The van der Waals surface area contributed by atoms with E-state index >= 15 is 0 Å². The highest BCUT2D eigenvalue weighted by Crippen LogP contribution is 2.21. The van der Waals surface area contributed by atoms with Crippen molar-refractivity contribution in [3.63, 3.8) is 0 Å². The number of rotatable bonds is 2. The molecule has 1 aliphatic rings. The molecule has 0 aromatic heterocycles. The zero-order valence-electron chi connectivity index (χ0n) is 11.8. The van der Waals surface area contributed by atoms with Gasteiger partial charge in [0.15, 0.2) is 0 Å². The summed E-state index contributed by atoms with van der Waals surface area (Å²) in [5.41, 5.74) is 1.36. The molecule has 1 unspecified atom stereocenters. The van der Waals surface area contributed by atoms with Crippen molar-refractivity contribution < 1.29 is 14.7 Å². The van der Waals surface area contributed by atoms with Crippen LogP contribution in [0.5, 0.6) is 0 Å². The van der Waals surface area contributed by atoms with E-state index in [1.807, 2.05) is 0 Å². The van der Waals surface area contributed by atoms with Gasteiger partial charge in [0.25, 0.3) is 0 Å². The van der Waals surface area contributed by atoms with Crippen molar-refractivity contribution in [3.05, 3.63) is 29.3 Å². The van der Waals surface area contributed by atoms with Crippen LogP contribution in [0.2, 0.25) is 0 Å². The molecule has 2 rings (SSSR count). The molecule has 5 nitrogen and oxygen atoms in total. The van der Waals surface area contributed by atoms with Crippen molar-refractivity contribution in [1.29, 1.82) is 0 Å². The molecule has 1 fully saturated rings. The van der Waals surface area contributed by atoms with E-state index in [4.69, 9.17) is 5.11 Å². The molecule has 5 heteroatoms. The molecule has 1 aliphatic heterocycles. The molecular weight excluding hydrogens is 256 g/mol. The zero-order valence-corrected chi connectivity index (χ0v) is 11.8. The number of aromatic carboxylic acids is 1. The van der Waals surface area contributed by atoms with Crippen LogP contribution in [-0.2, 0) is 0 Å². The Kier molecular flexibility index (Phi) is 4.27. The number of carboxylic acid groups (broad SMARTS) is 1. The number of amides is 2. The number of carbonyl (C=O) groups excluding carboxylic acids is 1. The number of carboxylic acids is 1. The van der Waals surface area contributed by atoms with Gasteiger partial charge < -0.3 is 15.3 Å². The van der Waals surface area contributed by atoms with Crippen molar-refractivity contribution >= 4 is 17.7 Å². The summed E-state index contributed by atoms with van der Waals surface area (Å²) in [5.74, 6) is -0.467. The maximum Gasteiger partial charge on any atom is 0.336 e. The summed E-state index contributed by atoms with van der Waals surface area (Å²) >= 11 is 0. The van der Waals surface area contributed by atoms with Gasteiger partial charge in [0.05, 0.1) is 5.56 Å². The summed E-state index contributed by atoms with van der Waals surface area (Å²) in [6, 6.07) is 4.76. The number of hydrogen-bond acceptors (Lipinski definition) is 2. The number of hydrogen-bond donors (Lipinski definition) is 2. The smallest absolute Gasteiger partial charge is 0.336 e. The lowest BCUT2D eigenvalue weighted by Crippen LogP contribution is -2.41. The first-order valence-corrected chi connectivity index (χ1v) is 6.88. The minimum atomic E-state index is -0.981. The maximum absolute atomic E-state index is 12.2. The second-order valence-electron chi connectivity index (χ2n) is 5.41. The van der Waals surface area contributed by atoms with Gasteiger partial charge in [-0.1, -0.05) is 13.0 Å². The third-order valence-electron chi connectivity index (χ3n) is 3.75. The molecule has 0 saturated carbocycles. The average molecular weight is 276 g/mol. The van der Waals surface area contributed by atoms with E-state index in [-0.39, 0.29) is 11.6 Å². The van der Waals surface area contributed by atoms with Crippen LogP contribution in [0, 0.1) is 12.8 Å². The highest BCUT2D eigenvalue weighted by molar-refractivity contribution is 5.95. The van der Waals surface area contributed by atoms with Crippen molar-refractivity contribution in [1.82, 2.24) is 4.90 Å². The van der Waals surface area contributed by atoms with E-state index < -0.39 is 5.97 Å². The molecule has 20 heavy (non-hydrogen) atoms. The SMILES string of the molecule is Cc1c(NC(=O)N2CCCC(C)C2)cccc1C(=O)O. The number of anilines is 1. The van der Waals surface area contributed by atoms with Crippen molar-refractivity contribution in [2.24, 2.45) is 5.92 Å². The van der Waals surface area contributed by atoms with Crippen molar-refractivity contribution in [2.45, 2.75) is 26.7 Å². The molecule has 1 aromatic rings. The Morgan fingerprint density at radius 1 is 1.40 bits per heavy atom. The highest BCUT2D eigenvalue weighted by atomic mass is 16.4. The molecular formula is C15H20N2O3. The van der Waals surface area contributed by atoms with E-state index in [0.29, 0.717) is 17.2 Å². The Balaban J connectivity index is 2.11. The molecule has 0 bridgehead atoms. The normalized spacial score (nSPS) is 18.7. The lowest BCUT2D eigenvalue weighted by atomic mass is 10.0. The summed E-state index contributed by atoms with van der Waals surface area (Å²) in [6.45, 7) is 5.35. The summed E-state index contributed by atoms with van der Waals surface area (Å²) in [4.78, 5) is 25.1. The average Bonchev–Trinajstić information content (AvgIpc) is 2.40. The Labute approximate surface area is 118 Å². The van der Waals surface area contributed by atoms with Crippen LogP contribution in [0.25, 0.3) is 0 Å². The van der Waals surface area contributed by atoms with E-state index in [2.05, 4.69) is 12.2 Å². The second kappa shape index (κ2) is 5.94. The van der Waals surface area contributed by atoms with Gasteiger partial charge in [0, 0.05) is 18.8 Å². The van der Waals surface area contributed by atoms with Gasteiger partial charge in [-0.2, -0.15) is 0 Å². The molecule has 2 amide bonds. The fourth-order valence-corrected chi connectivity index (χ4v) is 2.57. The number of urea groups is 1. The van der Waals surface area contributed by atoms with Crippen LogP contribution in [0.4, 0.5) is 10.5 Å². The number of benzene rings is 1. The highest BCUT2D eigenvalue weighted by Gasteiger charge is 2.21. The van der Waals surface area contributed by atoms with Gasteiger partial charge in [-0.25, -0.2) is 9.59 Å². The van der Waals surface area contributed by atoms with Gasteiger partial charge >= 0.3 is 12.0 Å². The van der Waals surface area contributed by atoms with Crippen LogP contribution in [0.3, 0.4) is 0 Å². The third-order valence-corrected chi connectivity index (χ3v) is 3.75. The quantitative estimate of drug-likeness (QED) is 0.872. The topological polar surface area (TPSA) is 69.6 Å². The summed E-state index contributed by atoms with van der Waals surface area (Å²) < 4.78 is 0. The molecule has 108 valence electrons. The predicted octanol–water partition coefficient (Wildman–Crippen LogP) is 2.96. The van der Waals surface area contributed by atoms with Crippen molar-refractivity contribution in [2.75, 3.05) is 18.4 Å². The number of carbonyl (C=O) groups is 2. The third kappa shape index (κ3) is 3.10. The Morgan fingerprint density at radius 3 is 2.80 bits per heavy atom. The van der Waals surface area contributed by atoms with Crippen LogP contribution in [0.1, 0.15) is 35.7 Å². The minimum Gasteiger partial charge on any atom is -0.478 e. The fourth-order valence-electron chi connectivity index (χ4n) is 2.57. The number of nitrogens with zero attached hydrogens (tertiary/aromatic N) is 1. The van der Waals surface area contributed by atoms with Gasteiger partial charge in [-0.3, -0.25) is 0 Å². The predicted molar refractivity (Wildman–Crippen MR) is 77.1 cm³/mol. The van der Waals surface area contributed by atoms with Crippen LogP contribution >= 0.6 is 0 Å². The lowest BCUT2D eigenvalue weighted by molar-refractivity contribution is 0.0696. The van der Waals surface area contributed by atoms with E-state index in [1.165, 1.54) is 6.07 Å². The standard InChI is InChI=1S/C15H20N2O3/c1-10-5-4-8-17(9-10)15(20)16-13-7-3-6-12(11(13)2)14(18)19/h3,6-7,10H,4-5,8-9H2,1-2H3,(H,16,20)(H,18,19). The maximum atomic E-state index is 12.2. The molecule has 1 aromatic carbocycles. The molecule has 0 aliphatic carbocycles. The number of nitrogens with one attached hydrogen (secondary N) is 1. The molecule has 2 N–H and O–H groups in total. The molecule has 1 saturated heterocycles. The largest absolute Gasteiger partial charge is 0.478 e. The van der Waals surface area contributed by atoms with E-state index in [9.17, 15) is 9.59 Å². The van der Waals surface area contributed by atoms with Crippen LogP contribution < -0.4 is 5.32 Å². The number of likely N-dealkylation sites (tertiary alicyclic amines) is 1. The number of piperidine rings is 1. The molecule has 1 heterocycles. The minimum absolute atomic E-state index is 0.151. The van der Waals surface area contributed by atoms with Crippen molar-refractivity contribution in [3.8, 4) is 0 Å². The first kappa shape index (κ1) is 14.4. The molecule has 0 spiro atoms. The molecule has 0 radical (unpaired) electrons. The molecule has 1 atom stereocenters. The van der Waals surface area contributed by atoms with Crippen LogP contribution in [0.15, 0.2) is 18.2 Å². The Hall–Kier alpha value is -2.04. The zero-order chi connectivity index (χ0) is 14.7. The van der Waals surface area contributed by atoms with Crippen LogP contribution in [-0.4, -0.2) is 35.1 Å². The summed E-state index contributed by atoms with van der Waals surface area (Å²) in [6.07, 6.45) is 2.17. The van der Waals surface area contributed by atoms with E-state index in [0.717, 1.165) is 25.9 Å². The monoisotopic (exact) mass is 276 g/mol. The van der Waals surface area contributed by atoms with Gasteiger partial charge in [0.2, 0.25) is 0 Å². The Bertz CT molecular complexity index is 528. The first-order valence-electron chi connectivity index (χ1n) is 6.88.